The Kier molecular flexibility index (Phi) is 5.09. The lowest BCUT2D eigenvalue weighted by Crippen LogP contribution is -2.51. The highest BCUT2D eigenvalue weighted by Crippen LogP contribution is 2.32. The first kappa shape index (κ1) is 17.8. The van der Waals surface area contributed by atoms with Crippen molar-refractivity contribution in [2.75, 3.05) is 4.90 Å². The molecule has 0 aliphatic carbocycles. The molecule has 26 heavy (non-hydrogen) atoms. The molecule has 4 heteroatoms. The quantitative estimate of drug-likeness (QED) is 0.882. The Morgan fingerprint density at radius 3 is 2.50 bits per heavy atom. The van der Waals surface area contributed by atoms with E-state index in [4.69, 9.17) is 0 Å². The maximum atomic E-state index is 12.1. The van der Waals surface area contributed by atoms with Crippen molar-refractivity contribution in [2.24, 2.45) is 0 Å². The van der Waals surface area contributed by atoms with Gasteiger partial charge < -0.3 is 10.2 Å². The Hall–Kier alpha value is -3.06. The number of amides is 1. The summed E-state index contributed by atoms with van der Waals surface area (Å²) in [5.74, 6) is 0.0109. The monoisotopic (exact) mass is 345 g/mol. The van der Waals surface area contributed by atoms with Gasteiger partial charge in [-0.1, -0.05) is 43.7 Å². The summed E-state index contributed by atoms with van der Waals surface area (Å²) < 4.78 is 0. The minimum absolute atomic E-state index is 0.0109. The Morgan fingerprint density at radius 2 is 1.85 bits per heavy atom. The van der Waals surface area contributed by atoms with E-state index in [1.807, 2.05) is 50.2 Å². The van der Waals surface area contributed by atoms with Gasteiger partial charge in [0.05, 0.1) is 11.6 Å². The second kappa shape index (κ2) is 7.45. The number of nitrogens with zero attached hydrogens (tertiary/aromatic N) is 2. The van der Waals surface area contributed by atoms with Gasteiger partial charge in [-0.3, -0.25) is 4.79 Å². The molecule has 1 aliphatic heterocycles. The van der Waals surface area contributed by atoms with Gasteiger partial charge in [-0.15, -0.1) is 0 Å². The Labute approximate surface area is 154 Å². The molecule has 2 aromatic rings. The topological polar surface area (TPSA) is 56.1 Å². The molecule has 0 aromatic heterocycles. The van der Waals surface area contributed by atoms with Crippen molar-refractivity contribution in [1.29, 1.82) is 5.26 Å². The first-order chi connectivity index (χ1) is 12.6. The number of nitriles is 1. The van der Waals surface area contributed by atoms with Gasteiger partial charge in [0.25, 0.3) is 0 Å². The number of rotatable bonds is 4. The maximum absolute atomic E-state index is 12.1. The van der Waals surface area contributed by atoms with Crippen molar-refractivity contribution in [1.82, 2.24) is 5.32 Å². The third-order valence-corrected chi connectivity index (χ3v) is 4.78. The van der Waals surface area contributed by atoms with E-state index in [0.717, 1.165) is 40.9 Å². The van der Waals surface area contributed by atoms with E-state index in [2.05, 4.69) is 35.3 Å². The van der Waals surface area contributed by atoms with Crippen LogP contribution in [-0.2, 0) is 4.79 Å². The van der Waals surface area contributed by atoms with Gasteiger partial charge in [0.15, 0.2) is 0 Å². The van der Waals surface area contributed by atoms with Gasteiger partial charge in [-0.2, -0.15) is 5.26 Å². The molecular weight excluding hydrogens is 322 g/mol. The smallest absolute Gasteiger partial charge is 0.250 e. The van der Waals surface area contributed by atoms with E-state index >= 15 is 0 Å². The molecule has 1 N–H and O–H groups in total. The fourth-order valence-corrected chi connectivity index (χ4v) is 3.47. The molecule has 132 valence electrons. The molecule has 0 fully saturated rings. The number of anilines is 1. The largest absolute Gasteiger partial charge is 0.332 e. The van der Waals surface area contributed by atoms with Crippen molar-refractivity contribution in [3.63, 3.8) is 0 Å². The van der Waals surface area contributed by atoms with E-state index in [-0.39, 0.29) is 12.1 Å². The van der Waals surface area contributed by atoms with Crippen LogP contribution in [0.3, 0.4) is 0 Å². The summed E-state index contributed by atoms with van der Waals surface area (Å²) in [4.78, 5) is 14.3. The third-order valence-electron chi connectivity index (χ3n) is 4.78. The van der Waals surface area contributed by atoms with Crippen molar-refractivity contribution < 1.29 is 4.79 Å². The SMILES string of the molecule is CCCC1=C(C)C(=O)NC(C)N1c1ccc(-c2ccccc2C#N)cc1. The van der Waals surface area contributed by atoms with Crippen LogP contribution in [0.15, 0.2) is 59.8 Å². The minimum atomic E-state index is -0.0926. The minimum Gasteiger partial charge on any atom is -0.332 e. The number of nitrogens with one attached hydrogen (secondary N) is 1. The molecule has 1 amide bonds. The molecule has 1 atom stereocenters. The van der Waals surface area contributed by atoms with E-state index in [0.29, 0.717) is 5.56 Å². The van der Waals surface area contributed by atoms with Crippen molar-refractivity contribution >= 4 is 11.6 Å². The first-order valence-corrected chi connectivity index (χ1v) is 8.96. The Balaban J connectivity index is 2.00. The zero-order chi connectivity index (χ0) is 18.7. The van der Waals surface area contributed by atoms with Crippen molar-refractivity contribution in [2.45, 2.75) is 39.8 Å². The molecule has 2 aromatic carbocycles. The van der Waals surface area contributed by atoms with Gasteiger partial charge in [0.1, 0.15) is 6.17 Å². The summed E-state index contributed by atoms with van der Waals surface area (Å²) in [6.07, 6.45) is 1.75. The average molecular weight is 345 g/mol. The van der Waals surface area contributed by atoms with E-state index in [1.54, 1.807) is 0 Å². The van der Waals surface area contributed by atoms with Crippen LogP contribution in [0.1, 0.15) is 39.2 Å². The number of hydrogen-bond donors (Lipinski definition) is 1. The fraction of sp³-hybridized carbons (Fsp3) is 0.273. The average Bonchev–Trinajstić information content (AvgIpc) is 2.66. The van der Waals surface area contributed by atoms with Gasteiger partial charge in [0, 0.05) is 17.0 Å². The van der Waals surface area contributed by atoms with Crippen LogP contribution in [0.2, 0.25) is 0 Å². The van der Waals surface area contributed by atoms with Gasteiger partial charge in [0.2, 0.25) is 5.91 Å². The van der Waals surface area contributed by atoms with Gasteiger partial charge in [-0.25, -0.2) is 0 Å². The van der Waals surface area contributed by atoms with Crippen LogP contribution < -0.4 is 10.2 Å². The molecular formula is C22H23N3O. The number of benzene rings is 2. The van der Waals surface area contributed by atoms with Crippen LogP contribution in [-0.4, -0.2) is 12.1 Å². The highest BCUT2D eigenvalue weighted by Gasteiger charge is 2.28. The van der Waals surface area contributed by atoms with Crippen LogP contribution in [0.25, 0.3) is 11.1 Å². The molecule has 0 saturated carbocycles. The van der Waals surface area contributed by atoms with Crippen LogP contribution in [0.4, 0.5) is 5.69 Å². The summed E-state index contributed by atoms with van der Waals surface area (Å²) >= 11 is 0. The standard InChI is InChI=1S/C22H23N3O/c1-4-7-21-15(2)22(26)24-16(3)25(21)19-12-10-17(11-13-19)20-9-6-5-8-18(20)14-23/h5-6,8-13,16H,4,7H2,1-3H3,(H,24,26). The van der Waals surface area contributed by atoms with Crippen LogP contribution in [0, 0.1) is 11.3 Å². The lowest BCUT2D eigenvalue weighted by Gasteiger charge is -2.38. The molecule has 1 unspecified atom stereocenters. The zero-order valence-electron chi connectivity index (χ0n) is 15.4. The molecule has 4 nitrogen and oxygen atoms in total. The Morgan fingerprint density at radius 1 is 1.15 bits per heavy atom. The van der Waals surface area contributed by atoms with E-state index in [1.165, 1.54) is 0 Å². The second-order valence-electron chi connectivity index (χ2n) is 6.55. The molecule has 0 radical (unpaired) electrons. The third kappa shape index (κ3) is 3.21. The number of carbonyl (C=O) groups is 1. The predicted octanol–water partition coefficient (Wildman–Crippen LogP) is 4.58. The number of carbonyl (C=O) groups excluding carboxylic acids is 1. The fourth-order valence-electron chi connectivity index (χ4n) is 3.47. The molecule has 0 saturated heterocycles. The predicted molar refractivity (Wildman–Crippen MR) is 104 cm³/mol. The molecule has 3 rings (SSSR count). The summed E-state index contributed by atoms with van der Waals surface area (Å²) in [6, 6.07) is 18.0. The van der Waals surface area contributed by atoms with E-state index in [9.17, 15) is 10.1 Å². The second-order valence-corrected chi connectivity index (χ2v) is 6.55. The summed E-state index contributed by atoms with van der Waals surface area (Å²) in [7, 11) is 0. The summed E-state index contributed by atoms with van der Waals surface area (Å²) in [6.45, 7) is 6.01. The van der Waals surface area contributed by atoms with Crippen molar-refractivity contribution in [3.05, 3.63) is 65.4 Å². The molecule has 0 bridgehead atoms. The van der Waals surface area contributed by atoms with Crippen LogP contribution >= 0.6 is 0 Å². The molecule has 1 aliphatic rings. The lowest BCUT2D eigenvalue weighted by molar-refractivity contribution is -0.118. The highest BCUT2D eigenvalue weighted by molar-refractivity contribution is 5.96. The summed E-state index contributed by atoms with van der Waals surface area (Å²) in [5.41, 5.74) is 5.51. The number of hydrogen-bond acceptors (Lipinski definition) is 3. The highest BCUT2D eigenvalue weighted by atomic mass is 16.2. The van der Waals surface area contributed by atoms with Crippen molar-refractivity contribution in [3.8, 4) is 17.2 Å². The van der Waals surface area contributed by atoms with Gasteiger partial charge >= 0.3 is 0 Å². The lowest BCUT2D eigenvalue weighted by atomic mass is 9.99. The maximum Gasteiger partial charge on any atom is 0.250 e. The summed E-state index contributed by atoms with van der Waals surface area (Å²) in [5, 5.41) is 12.3. The number of allylic oxidation sites excluding steroid dienone is 1. The van der Waals surface area contributed by atoms with Crippen LogP contribution in [0.5, 0.6) is 0 Å². The molecule has 0 spiro atoms. The first-order valence-electron chi connectivity index (χ1n) is 8.96. The van der Waals surface area contributed by atoms with E-state index < -0.39 is 0 Å². The zero-order valence-corrected chi connectivity index (χ0v) is 15.4. The van der Waals surface area contributed by atoms with Gasteiger partial charge in [-0.05, 0) is 49.6 Å². The molecule has 1 heterocycles. The Bertz CT molecular complexity index is 890. The normalized spacial score (nSPS) is 17.1.